The average Bonchev–Trinajstić information content (AvgIpc) is 1.97. The Kier molecular flexibility index (Phi) is 7.39. The number of alkyl halides is 1. The van der Waals surface area contributed by atoms with E-state index in [1.807, 2.05) is 0 Å². The molecular weight excluding hydrogens is 204 g/mol. The van der Waals surface area contributed by atoms with Gasteiger partial charge in [-0.1, -0.05) is 49.0 Å². The molecule has 1 nitrogen and oxygen atoms in total. The number of hydrogen-bond donors (Lipinski definition) is 0. The van der Waals surface area contributed by atoms with E-state index in [0.29, 0.717) is 10.9 Å². The van der Waals surface area contributed by atoms with Crippen LogP contribution < -0.4 is 0 Å². The van der Waals surface area contributed by atoms with Gasteiger partial charge in [0.15, 0.2) is 0 Å². The summed E-state index contributed by atoms with van der Waals surface area (Å²) in [6.45, 7) is 4.36. The predicted octanol–water partition coefficient (Wildman–Crippen LogP) is 3.37. The summed E-state index contributed by atoms with van der Waals surface area (Å²) in [5.74, 6) is 0. The Hall–Kier alpha value is 0.440. The molecule has 0 fully saturated rings. The first-order chi connectivity index (χ1) is 5.22. The van der Waals surface area contributed by atoms with E-state index in [2.05, 4.69) is 29.8 Å². The Balaban J connectivity index is 3.36. The van der Waals surface area contributed by atoms with Crippen molar-refractivity contribution in [1.82, 2.24) is 0 Å². The second kappa shape index (κ2) is 7.11. The topological polar surface area (TPSA) is 9.23 Å². The summed E-state index contributed by atoms with van der Waals surface area (Å²) in [6.07, 6.45) is 5.45. The van der Waals surface area contributed by atoms with Crippen molar-refractivity contribution >= 4 is 15.9 Å². The third-order valence-corrected chi connectivity index (χ3v) is 2.50. The largest absolute Gasteiger partial charge is 0.380 e. The van der Waals surface area contributed by atoms with E-state index >= 15 is 0 Å². The lowest BCUT2D eigenvalue weighted by atomic mass is 10.1. The van der Waals surface area contributed by atoms with Gasteiger partial charge in [-0.05, 0) is 6.42 Å². The van der Waals surface area contributed by atoms with Crippen LogP contribution in [0.4, 0.5) is 0 Å². The molecule has 0 aromatic rings. The molecule has 0 saturated heterocycles. The molecule has 0 spiro atoms. The predicted molar refractivity (Wildman–Crippen MR) is 53.3 cm³/mol. The highest BCUT2D eigenvalue weighted by atomic mass is 79.9. The van der Waals surface area contributed by atoms with Crippen molar-refractivity contribution in [2.45, 2.75) is 50.5 Å². The fraction of sp³-hybridized carbons (Fsp3) is 1.00. The lowest BCUT2D eigenvalue weighted by Gasteiger charge is -2.17. The lowest BCUT2D eigenvalue weighted by Crippen LogP contribution is -2.19. The first-order valence-electron chi connectivity index (χ1n) is 4.39. The van der Waals surface area contributed by atoms with Gasteiger partial charge >= 0.3 is 0 Å². The van der Waals surface area contributed by atoms with E-state index < -0.39 is 0 Å². The number of hydrogen-bond acceptors (Lipinski definition) is 1. The Morgan fingerprint density at radius 1 is 1.36 bits per heavy atom. The van der Waals surface area contributed by atoms with Crippen molar-refractivity contribution in [2.75, 3.05) is 7.11 Å². The molecule has 0 heterocycles. The quantitative estimate of drug-likeness (QED) is 0.495. The average molecular weight is 223 g/mol. The van der Waals surface area contributed by atoms with Crippen molar-refractivity contribution in [3.8, 4) is 0 Å². The molecule has 11 heavy (non-hydrogen) atoms. The van der Waals surface area contributed by atoms with Crippen LogP contribution in [0.15, 0.2) is 0 Å². The third-order valence-electron chi connectivity index (χ3n) is 1.91. The number of unbranched alkanes of at least 4 members (excludes halogenated alkanes) is 2. The zero-order valence-electron chi connectivity index (χ0n) is 7.77. The molecule has 0 N–H and O–H groups in total. The van der Waals surface area contributed by atoms with E-state index in [-0.39, 0.29) is 0 Å². The Labute approximate surface area is 78.6 Å². The minimum absolute atomic E-state index is 0.390. The van der Waals surface area contributed by atoms with Crippen LogP contribution in [0.1, 0.15) is 39.5 Å². The molecule has 2 unspecified atom stereocenters. The summed E-state index contributed by atoms with van der Waals surface area (Å²) in [7, 11) is 1.79. The number of ether oxygens (including phenoxy) is 1. The summed E-state index contributed by atoms with van der Waals surface area (Å²) >= 11 is 3.53. The van der Waals surface area contributed by atoms with Crippen LogP contribution in [0.2, 0.25) is 0 Å². The van der Waals surface area contributed by atoms with E-state index in [1.54, 1.807) is 7.11 Å². The first-order valence-corrected chi connectivity index (χ1v) is 5.30. The molecule has 0 bridgehead atoms. The second-order valence-electron chi connectivity index (χ2n) is 2.95. The van der Waals surface area contributed by atoms with Gasteiger partial charge in [0, 0.05) is 11.9 Å². The molecule has 0 radical (unpaired) electrons. The van der Waals surface area contributed by atoms with E-state index in [0.717, 1.165) is 0 Å². The molecule has 0 aliphatic rings. The Morgan fingerprint density at radius 2 is 2.00 bits per heavy atom. The van der Waals surface area contributed by atoms with Crippen LogP contribution in [0.25, 0.3) is 0 Å². The van der Waals surface area contributed by atoms with Crippen LogP contribution in [0.5, 0.6) is 0 Å². The number of rotatable bonds is 6. The minimum atomic E-state index is 0.390. The van der Waals surface area contributed by atoms with Gasteiger partial charge in [0.05, 0.1) is 6.10 Å². The maximum Gasteiger partial charge on any atom is 0.0693 e. The number of methoxy groups -OCH3 is 1. The van der Waals surface area contributed by atoms with Gasteiger partial charge in [-0.2, -0.15) is 0 Å². The minimum Gasteiger partial charge on any atom is -0.380 e. The smallest absolute Gasteiger partial charge is 0.0693 e. The molecule has 0 amide bonds. The fourth-order valence-corrected chi connectivity index (χ4v) is 1.61. The molecule has 68 valence electrons. The van der Waals surface area contributed by atoms with Gasteiger partial charge in [-0.3, -0.25) is 0 Å². The molecule has 0 aromatic carbocycles. The van der Waals surface area contributed by atoms with Gasteiger partial charge in [0.1, 0.15) is 0 Å². The second-order valence-corrected chi connectivity index (χ2v) is 4.39. The summed E-state index contributed by atoms with van der Waals surface area (Å²) in [5.41, 5.74) is 0. The van der Waals surface area contributed by atoms with Crippen molar-refractivity contribution < 1.29 is 4.74 Å². The van der Waals surface area contributed by atoms with E-state index in [4.69, 9.17) is 4.74 Å². The van der Waals surface area contributed by atoms with Gasteiger partial charge < -0.3 is 4.74 Å². The van der Waals surface area contributed by atoms with Crippen molar-refractivity contribution in [3.63, 3.8) is 0 Å². The van der Waals surface area contributed by atoms with Crippen LogP contribution in [0.3, 0.4) is 0 Å². The van der Waals surface area contributed by atoms with Crippen LogP contribution in [0, 0.1) is 0 Å². The zero-order valence-corrected chi connectivity index (χ0v) is 9.36. The Morgan fingerprint density at radius 3 is 2.36 bits per heavy atom. The maximum atomic E-state index is 5.31. The maximum absolute atomic E-state index is 5.31. The van der Waals surface area contributed by atoms with Gasteiger partial charge in [0.2, 0.25) is 0 Å². The van der Waals surface area contributed by atoms with Crippen molar-refractivity contribution in [1.29, 1.82) is 0 Å². The molecular formula is C9H19BrO. The molecule has 0 saturated carbocycles. The summed E-state index contributed by atoms with van der Waals surface area (Å²) in [5, 5.41) is 0. The SMILES string of the molecule is CCCCCC(OC)C(C)Br. The monoisotopic (exact) mass is 222 g/mol. The van der Waals surface area contributed by atoms with Gasteiger partial charge in [-0.25, -0.2) is 0 Å². The molecule has 2 heteroatoms. The summed E-state index contributed by atoms with van der Waals surface area (Å²) in [6, 6.07) is 0. The number of halogens is 1. The van der Waals surface area contributed by atoms with Gasteiger partial charge in [-0.15, -0.1) is 0 Å². The van der Waals surface area contributed by atoms with Crippen LogP contribution >= 0.6 is 15.9 Å². The van der Waals surface area contributed by atoms with E-state index in [1.165, 1.54) is 25.7 Å². The van der Waals surface area contributed by atoms with Crippen LogP contribution in [-0.4, -0.2) is 18.0 Å². The molecule has 0 rings (SSSR count). The Bertz CT molecular complexity index is 83.6. The van der Waals surface area contributed by atoms with Crippen molar-refractivity contribution in [3.05, 3.63) is 0 Å². The lowest BCUT2D eigenvalue weighted by molar-refractivity contribution is 0.0957. The highest BCUT2D eigenvalue weighted by Gasteiger charge is 2.11. The van der Waals surface area contributed by atoms with Gasteiger partial charge in [0.25, 0.3) is 0 Å². The first kappa shape index (κ1) is 11.4. The summed E-state index contributed by atoms with van der Waals surface area (Å²) < 4.78 is 5.31. The molecule has 0 aliphatic carbocycles. The fourth-order valence-electron chi connectivity index (χ4n) is 1.13. The normalized spacial score (nSPS) is 16.4. The summed E-state index contributed by atoms with van der Waals surface area (Å²) in [4.78, 5) is 0.476. The highest BCUT2D eigenvalue weighted by Crippen LogP contribution is 2.14. The highest BCUT2D eigenvalue weighted by molar-refractivity contribution is 9.09. The third kappa shape index (κ3) is 5.68. The van der Waals surface area contributed by atoms with E-state index in [9.17, 15) is 0 Å². The zero-order chi connectivity index (χ0) is 8.69. The standard InChI is InChI=1S/C9H19BrO/c1-4-5-6-7-9(11-3)8(2)10/h8-9H,4-7H2,1-3H3. The molecule has 0 aromatic heterocycles. The molecule has 0 aliphatic heterocycles. The molecule has 2 atom stereocenters. The van der Waals surface area contributed by atoms with Crippen molar-refractivity contribution in [2.24, 2.45) is 0 Å². The van der Waals surface area contributed by atoms with Crippen LogP contribution in [-0.2, 0) is 4.74 Å².